The van der Waals surface area contributed by atoms with Crippen LogP contribution in [0.25, 0.3) is 0 Å². The zero-order valence-corrected chi connectivity index (χ0v) is 10.3. The van der Waals surface area contributed by atoms with Gasteiger partial charge in [0.1, 0.15) is 0 Å². The minimum Gasteiger partial charge on any atom is -0.409 e. The van der Waals surface area contributed by atoms with Crippen LogP contribution in [-0.2, 0) is 11.3 Å². The van der Waals surface area contributed by atoms with Gasteiger partial charge in [-0.2, -0.15) is 0 Å². The van der Waals surface area contributed by atoms with E-state index < -0.39 is 0 Å². The van der Waals surface area contributed by atoms with Gasteiger partial charge in [0.05, 0.1) is 0 Å². The molecule has 18 heavy (non-hydrogen) atoms. The first kappa shape index (κ1) is 12.4. The Morgan fingerprint density at radius 3 is 2.61 bits per heavy atom. The number of nitrogens with one attached hydrogen (secondary N) is 1. The van der Waals surface area contributed by atoms with Gasteiger partial charge in [-0.3, -0.25) is 4.79 Å². The Morgan fingerprint density at radius 2 is 2.11 bits per heavy atom. The molecular formula is C13H17N3O2. The Bertz CT molecular complexity index is 468. The highest BCUT2D eigenvalue weighted by Gasteiger charge is 2.38. The molecule has 0 spiro atoms. The third-order valence-electron chi connectivity index (χ3n) is 3.27. The van der Waals surface area contributed by atoms with Gasteiger partial charge in [-0.05, 0) is 17.9 Å². The summed E-state index contributed by atoms with van der Waals surface area (Å²) >= 11 is 0. The van der Waals surface area contributed by atoms with Crippen LogP contribution in [0.1, 0.15) is 24.5 Å². The standard InChI is InChI=1S/C13H17N3O2/c1-8-6-11(8)13(17)15-7-9-2-4-10(5-3-9)12(14)16-18/h2-5,8,11,18H,6-7H2,1H3,(H2,14,16)(H,15,17). The smallest absolute Gasteiger partial charge is 0.223 e. The largest absolute Gasteiger partial charge is 0.409 e. The molecule has 0 aromatic heterocycles. The summed E-state index contributed by atoms with van der Waals surface area (Å²) in [4.78, 5) is 11.6. The van der Waals surface area contributed by atoms with Crippen LogP contribution in [-0.4, -0.2) is 17.0 Å². The van der Waals surface area contributed by atoms with E-state index in [2.05, 4.69) is 17.4 Å². The Morgan fingerprint density at radius 1 is 1.50 bits per heavy atom. The van der Waals surface area contributed by atoms with E-state index in [1.165, 1.54) is 0 Å². The second kappa shape index (κ2) is 5.08. The number of nitrogens with zero attached hydrogens (tertiary/aromatic N) is 1. The summed E-state index contributed by atoms with van der Waals surface area (Å²) in [6.07, 6.45) is 0.994. The predicted molar refractivity (Wildman–Crippen MR) is 68.1 cm³/mol. The molecule has 0 radical (unpaired) electrons. The number of carbonyl (C=O) groups is 1. The van der Waals surface area contributed by atoms with E-state index in [0.29, 0.717) is 18.0 Å². The molecule has 1 aromatic rings. The number of benzene rings is 1. The minimum absolute atomic E-state index is 0.0809. The summed E-state index contributed by atoms with van der Waals surface area (Å²) in [5, 5.41) is 14.4. The molecule has 0 bridgehead atoms. The van der Waals surface area contributed by atoms with Crippen LogP contribution >= 0.6 is 0 Å². The van der Waals surface area contributed by atoms with Gasteiger partial charge in [-0.25, -0.2) is 0 Å². The zero-order valence-electron chi connectivity index (χ0n) is 10.3. The molecule has 2 unspecified atom stereocenters. The van der Waals surface area contributed by atoms with E-state index in [-0.39, 0.29) is 17.7 Å². The highest BCUT2D eigenvalue weighted by Crippen LogP contribution is 2.37. The van der Waals surface area contributed by atoms with Crippen LogP contribution in [0.3, 0.4) is 0 Å². The van der Waals surface area contributed by atoms with Crippen molar-refractivity contribution >= 4 is 11.7 Å². The average molecular weight is 247 g/mol. The zero-order chi connectivity index (χ0) is 13.1. The SMILES string of the molecule is CC1CC1C(=O)NCc1ccc(C(N)=NO)cc1. The summed E-state index contributed by atoms with van der Waals surface area (Å²) in [5.74, 6) is 0.926. The predicted octanol–water partition coefficient (Wildman–Crippen LogP) is 1.05. The molecule has 5 heteroatoms. The third-order valence-corrected chi connectivity index (χ3v) is 3.27. The maximum atomic E-state index is 11.6. The van der Waals surface area contributed by atoms with E-state index in [1.807, 2.05) is 12.1 Å². The van der Waals surface area contributed by atoms with Crippen LogP contribution in [0, 0.1) is 11.8 Å². The van der Waals surface area contributed by atoms with Crippen LogP contribution in [0.2, 0.25) is 0 Å². The normalized spacial score (nSPS) is 22.6. The van der Waals surface area contributed by atoms with Gasteiger partial charge in [0.2, 0.25) is 5.91 Å². The fourth-order valence-electron chi connectivity index (χ4n) is 1.86. The van der Waals surface area contributed by atoms with E-state index in [4.69, 9.17) is 10.9 Å². The topological polar surface area (TPSA) is 87.7 Å². The molecule has 1 fully saturated rings. The summed E-state index contributed by atoms with van der Waals surface area (Å²) < 4.78 is 0. The van der Waals surface area contributed by atoms with Gasteiger partial charge in [-0.15, -0.1) is 0 Å². The van der Waals surface area contributed by atoms with E-state index >= 15 is 0 Å². The molecule has 0 aliphatic heterocycles. The van der Waals surface area contributed by atoms with Gasteiger partial charge >= 0.3 is 0 Å². The molecule has 96 valence electrons. The van der Waals surface area contributed by atoms with Crippen molar-refractivity contribution in [2.75, 3.05) is 0 Å². The summed E-state index contributed by atoms with van der Waals surface area (Å²) in [7, 11) is 0. The van der Waals surface area contributed by atoms with Crippen molar-refractivity contribution in [3.05, 3.63) is 35.4 Å². The van der Waals surface area contributed by atoms with Gasteiger partial charge in [0.25, 0.3) is 0 Å². The van der Waals surface area contributed by atoms with Gasteiger partial charge < -0.3 is 16.3 Å². The van der Waals surface area contributed by atoms with Crippen molar-refractivity contribution in [2.45, 2.75) is 19.9 Å². The molecule has 1 aliphatic rings. The number of nitrogens with two attached hydrogens (primary N) is 1. The lowest BCUT2D eigenvalue weighted by Crippen LogP contribution is -2.24. The second-order valence-corrected chi connectivity index (χ2v) is 4.72. The lowest BCUT2D eigenvalue weighted by atomic mass is 10.1. The number of amidine groups is 1. The van der Waals surface area contributed by atoms with E-state index in [1.54, 1.807) is 12.1 Å². The third kappa shape index (κ3) is 2.80. The maximum absolute atomic E-state index is 11.6. The minimum atomic E-state index is 0.0809. The summed E-state index contributed by atoms with van der Waals surface area (Å²) in [6, 6.07) is 7.22. The number of hydrogen-bond acceptors (Lipinski definition) is 3. The molecular weight excluding hydrogens is 230 g/mol. The number of rotatable bonds is 4. The van der Waals surface area contributed by atoms with Crippen LogP contribution in [0.5, 0.6) is 0 Å². The molecule has 2 rings (SSSR count). The molecule has 1 aromatic carbocycles. The highest BCUT2D eigenvalue weighted by atomic mass is 16.4. The monoisotopic (exact) mass is 247 g/mol. The second-order valence-electron chi connectivity index (χ2n) is 4.72. The van der Waals surface area contributed by atoms with Crippen molar-refractivity contribution in [1.29, 1.82) is 0 Å². The van der Waals surface area contributed by atoms with Gasteiger partial charge in [0.15, 0.2) is 5.84 Å². The molecule has 0 heterocycles. The van der Waals surface area contributed by atoms with Crippen LogP contribution in [0.15, 0.2) is 29.4 Å². The first-order valence-electron chi connectivity index (χ1n) is 5.96. The van der Waals surface area contributed by atoms with Crippen LogP contribution < -0.4 is 11.1 Å². The van der Waals surface area contributed by atoms with Crippen LogP contribution in [0.4, 0.5) is 0 Å². The highest BCUT2D eigenvalue weighted by molar-refractivity contribution is 5.96. The van der Waals surface area contributed by atoms with Gasteiger partial charge in [0, 0.05) is 18.0 Å². The number of hydrogen-bond donors (Lipinski definition) is 3. The Kier molecular flexibility index (Phi) is 3.50. The Labute approximate surface area is 106 Å². The Hall–Kier alpha value is -2.04. The molecule has 0 saturated heterocycles. The number of carbonyl (C=O) groups excluding carboxylic acids is 1. The van der Waals surface area contributed by atoms with E-state index in [9.17, 15) is 4.79 Å². The van der Waals surface area contributed by atoms with Crippen molar-refractivity contribution in [1.82, 2.24) is 5.32 Å². The number of oxime groups is 1. The summed E-state index contributed by atoms with van der Waals surface area (Å²) in [5.41, 5.74) is 7.11. The van der Waals surface area contributed by atoms with E-state index in [0.717, 1.165) is 12.0 Å². The molecule has 5 nitrogen and oxygen atoms in total. The van der Waals surface area contributed by atoms with Crippen molar-refractivity contribution in [2.24, 2.45) is 22.7 Å². The molecule has 2 atom stereocenters. The lowest BCUT2D eigenvalue weighted by molar-refractivity contribution is -0.122. The summed E-state index contributed by atoms with van der Waals surface area (Å²) in [6.45, 7) is 2.59. The maximum Gasteiger partial charge on any atom is 0.223 e. The molecule has 4 N–H and O–H groups in total. The number of amides is 1. The Balaban J connectivity index is 1.88. The lowest BCUT2D eigenvalue weighted by Gasteiger charge is -2.05. The fraction of sp³-hybridized carbons (Fsp3) is 0.385. The van der Waals surface area contributed by atoms with Crippen molar-refractivity contribution in [3.8, 4) is 0 Å². The average Bonchev–Trinajstić information content (AvgIpc) is 3.13. The fourth-order valence-corrected chi connectivity index (χ4v) is 1.86. The first-order valence-corrected chi connectivity index (χ1v) is 5.96. The van der Waals surface area contributed by atoms with Crippen molar-refractivity contribution in [3.63, 3.8) is 0 Å². The molecule has 1 amide bonds. The van der Waals surface area contributed by atoms with Gasteiger partial charge in [-0.1, -0.05) is 36.3 Å². The quantitative estimate of drug-likeness (QED) is 0.321. The van der Waals surface area contributed by atoms with Crippen molar-refractivity contribution < 1.29 is 10.0 Å². The first-order chi connectivity index (χ1) is 8.61. The molecule has 1 saturated carbocycles. The molecule has 1 aliphatic carbocycles.